The number of esters is 4. The molecule has 0 spiro atoms. The van der Waals surface area contributed by atoms with Crippen LogP contribution in [0, 0.1) is 0 Å². The molecule has 0 radical (unpaired) electrons. The Balaban J connectivity index is 1.71. The molecule has 8 bridgehead atoms. The van der Waals surface area contributed by atoms with Gasteiger partial charge in [-0.25, -0.2) is 19.2 Å². The van der Waals surface area contributed by atoms with Crippen LogP contribution in [0.4, 0.5) is 0 Å². The average molecular weight is 1780 g/mol. The number of carbonyl (C=O) groups excluding carboxylic acids is 8. The summed E-state index contributed by atoms with van der Waals surface area (Å²) < 4.78 is 48.1. The van der Waals surface area contributed by atoms with Gasteiger partial charge in [0.1, 0.15) is 23.0 Å². The molecule has 4 aromatic carbocycles. The Morgan fingerprint density at radius 3 is 0.422 bits per heavy atom. The van der Waals surface area contributed by atoms with Gasteiger partial charge < -0.3 is 37.9 Å². The first kappa shape index (κ1) is 111. The molecule has 0 saturated carbocycles. The summed E-state index contributed by atoms with van der Waals surface area (Å²) in [6.45, 7) is 6.85. The number of hydrogen-bond acceptors (Lipinski definition) is 16. The van der Waals surface area contributed by atoms with Crippen molar-refractivity contribution >= 4 is 47.0 Å². The van der Waals surface area contributed by atoms with Crippen LogP contribution in [0.25, 0.3) is 0 Å². The molecule has 720 valence electrons. The lowest BCUT2D eigenvalue weighted by molar-refractivity contribution is -0.143. The fraction of sp³-hybridized carbons (Fsp3) is 0.714. The second-order valence-electron chi connectivity index (χ2n) is 37.2. The fourth-order valence-corrected chi connectivity index (χ4v) is 18.2. The summed E-state index contributed by atoms with van der Waals surface area (Å²) in [4.78, 5) is 116. The Bertz CT molecular complexity index is 3160. The van der Waals surface area contributed by atoms with E-state index in [1.165, 1.54) is 285 Å². The topological polar surface area (TPSA) is 210 Å². The zero-order valence-corrected chi connectivity index (χ0v) is 82.1. The Labute approximate surface area is 776 Å². The molecule has 0 heterocycles. The Kier molecular flexibility index (Phi) is 62.8. The molecule has 0 amide bonds. The van der Waals surface area contributed by atoms with Gasteiger partial charge in [-0.05, 0) is 119 Å². The van der Waals surface area contributed by atoms with Gasteiger partial charge in [-0.3, -0.25) is 19.2 Å². The number of ether oxygens (including phenoxy) is 8. The first-order valence-electron chi connectivity index (χ1n) is 52.2. The molecule has 0 atom stereocenters. The van der Waals surface area contributed by atoms with Crippen LogP contribution in [0.3, 0.4) is 0 Å². The van der Waals surface area contributed by atoms with Crippen LogP contribution in [0.1, 0.15) is 525 Å². The molecule has 4 aromatic rings. The first-order chi connectivity index (χ1) is 62.6. The lowest BCUT2D eigenvalue weighted by Crippen LogP contribution is -2.18. The second-order valence-corrected chi connectivity index (χ2v) is 37.2. The van der Waals surface area contributed by atoms with Crippen molar-refractivity contribution in [1.29, 1.82) is 0 Å². The van der Waals surface area contributed by atoms with Crippen molar-refractivity contribution in [3.63, 3.8) is 0 Å². The van der Waals surface area contributed by atoms with Gasteiger partial charge in [-0.2, -0.15) is 0 Å². The van der Waals surface area contributed by atoms with Crippen LogP contribution in [0.2, 0.25) is 0 Å². The van der Waals surface area contributed by atoms with Crippen LogP contribution < -0.4 is 18.9 Å². The number of benzene rings is 4. The van der Waals surface area contributed by atoms with Gasteiger partial charge in [0.05, 0.1) is 28.4 Å². The predicted octanol–water partition coefficient (Wildman–Crippen LogP) is 30.3. The van der Waals surface area contributed by atoms with Crippen molar-refractivity contribution in [2.45, 2.75) is 464 Å². The van der Waals surface area contributed by atoms with Crippen molar-refractivity contribution in [3.05, 3.63) is 115 Å². The summed E-state index contributed by atoms with van der Waals surface area (Å²) in [5, 5.41) is 0. The molecule has 0 aromatic heterocycles. The highest BCUT2D eigenvalue weighted by molar-refractivity contribution is 5.99. The van der Waals surface area contributed by atoms with E-state index in [9.17, 15) is 19.2 Å². The van der Waals surface area contributed by atoms with Crippen molar-refractivity contribution in [3.8, 4) is 23.0 Å². The van der Waals surface area contributed by atoms with Crippen LogP contribution >= 0.6 is 0 Å². The number of ketones is 4. The summed E-state index contributed by atoms with van der Waals surface area (Å²) in [5.41, 5.74) is 4.97. The summed E-state index contributed by atoms with van der Waals surface area (Å²) in [6, 6.07) is 14.3. The summed E-state index contributed by atoms with van der Waals surface area (Å²) in [5.74, 6) is -2.32. The average Bonchev–Trinajstić information content (AvgIpc) is 0.766. The minimum Gasteiger partial charge on any atom is -0.481 e. The normalized spacial score (nSPS) is 11.8. The maximum absolute atomic E-state index is 15.3. The van der Waals surface area contributed by atoms with E-state index < -0.39 is 50.3 Å². The summed E-state index contributed by atoms with van der Waals surface area (Å²) in [7, 11) is 5.12. The summed E-state index contributed by atoms with van der Waals surface area (Å²) in [6.07, 6.45) is 71.2. The van der Waals surface area contributed by atoms with E-state index in [1.54, 1.807) is 48.5 Å². The highest BCUT2D eigenvalue weighted by Crippen LogP contribution is 2.43. The van der Waals surface area contributed by atoms with Gasteiger partial charge in [0.2, 0.25) is 0 Å². The van der Waals surface area contributed by atoms with E-state index >= 15 is 19.2 Å². The molecule has 5 rings (SSSR count). The zero-order valence-electron chi connectivity index (χ0n) is 82.1. The van der Waals surface area contributed by atoms with E-state index in [0.29, 0.717) is 92.4 Å². The van der Waals surface area contributed by atoms with E-state index in [0.717, 1.165) is 103 Å². The third-order valence-electron chi connectivity index (χ3n) is 26.1. The lowest BCUT2D eigenvalue weighted by Gasteiger charge is -2.24. The van der Waals surface area contributed by atoms with E-state index in [-0.39, 0.29) is 97.5 Å². The van der Waals surface area contributed by atoms with Gasteiger partial charge >= 0.3 is 23.9 Å². The lowest BCUT2D eigenvalue weighted by atomic mass is 9.86. The number of unbranched alkanes of at least 4 members (excludes halogenated alkanes) is 56. The highest BCUT2D eigenvalue weighted by Gasteiger charge is 2.29. The van der Waals surface area contributed by atoms with Crippen LogP contribution in [-0.2, 0) is 63.8 Å². The molecule has 0 aliphatic heterocycles. The van der Waals surface area contributed by atoms with Crippen molar-refractivity contribution in [1.82, 2.24) is 0 Å². The maximum atomic E-state index is 15.3. The maximum Gasteiger partial charge on any atom is 0.343 e. The zero-order chi connectivity index (χ0) is 92.1. The minimum atomic E-state index is -0.678. The van der Waals surface area contributed by atoms with Gasteiger partial charge in [0.15, 0.2) is 49.6 Å². The van der Waals surface area contributed by atoms with Gasteiger partial charge in [0, 0.05) is 73.6 Å². The molecule has 0 N–H and O–H groups in total. The molecule has 1 aliphatic carbocycles. The third kappa shape index (κ3) is 48.2. The number of methoxy groups -OCH3 is 4. The molecular formula is C112H176O16. The summed E-state index contributed by atoms with van der Waals surface area (Å²) >= 11 is 0. The molecular weight excluding hydrogens is 1600 g/mol. The highest BCUT2D eigenvalue weighted by atomic mass is 16.6. The molecule has 1 aliphatic rings. The quantitative estimate of drug-likeness (QED) is 0.0153. The van der Waals surface area contributed by atoms with Crippen molar-refractivity contribution < 1.29 is 76.3 Å². The van der Waals surface area contributed by atoms with E-state index in [4.69, 9.17) is 37.9 Å². The Hall–Kier alpha value is -7.36. The Morgan fingerprint density at radius 2 is 0.305 bits per heavy atom. The first-order valence-corrected chi connectivity index (χ1v) is 52.2. The molecule has 0 saturated heterocycles. The van der Waals surface area contributed by atoms with Crippen molar-refractivity contribution in [2.75, 3.05) is 54.9 Å². The van der Waals surface area contributed by atoms with Gasteiger partial charge in [0.25, 0.3) is 0 Å². The Morgan fingerprint density at radius 1 is 0.188 bits per heavy atom. The van der Waals surface area contributed by atoms with Crippen LogP contribution in [0.5, 0.6) is 23.0 Å². The monoisotopic (exact) mass is 1780 g/mol. The predicted molar refractivity (Wildman–Crippen MR) is 523 cm³/mol. The number of hydrogen-bond donors (Lipinski definition) is 0. The number of rotatable bonds is 80. The van der Waals surface area contributed by atoms with Crippen LogP contribution in [0.15, 0.2) is 48.5 Å². The largest absolute Gasteiger partial charge is 0.481 e. The van der Waals surface area contributed by atoms with Crippen LogP contribution in [-0.4, -0.2) is 102 Å². The van der Waals surface area contributed by atoms with Gasteiger partial charge in [-0.15, -0.1) is 0 Å². The molecule has 16 heteroatoms. The minimum absolute atomic E-state index is 0.0867. The SMILES string of the molecule is CCCCCCCCCCCCCCCCCC(=O)c1cc2c(OCC(=O)OC)c(c1)Cc1cc(C(=O)CCCCCCCCCCCCCCCCC)cc(c1OCC(=O)OC)Cc1cc(C(=O)CCCCCCCCCCCCCCCCC)cc(c1OCC(=O)OC)Cc1cc(C(=O)CCCCCCCCCCCCCCCCC)cc(c1OCC(=O)OC)C2. The van der Waals surface area contributed by atoms with E-state index in [2.05, 4.69) is 27.7 Å². The fourth-order valence-electron chi connectivity index (χ4n) is 18.2. The third-order valence-corrected chi connectivity index (χ3v) is 26.1. The number of carbonyl (C=O) groups is 8. The number of fused-ring (bicyclic) bond motifs is 8. The molecule has 0 fully saturated rings. The van der Waals surface area contributed by atoms with E-state index in [1.807, 2.05) is 0 Å². The standard InChI is InChI=1S/C112H176O16/c1-9-13-17-21-25-29-33-37-41-45-49-53-57-61-65-69-101(113)89-73-93-81-95-75-90(102(114)70-66-62-58-54-50-46-42-38-34-30-26-22-18-14-10-2)77-97(110(95)126-86-106(118)122-6)83-99-79-92(104(116)72-68-64-60-56-52-48-44-40-36-32-28-24-20-16-12-4)80-100(112(99)128-88-108(120)124-8)84-98-78-91(103(115)71-67-63-59-55-51-47-43-39-35-31-27-23-19-15-11-3)76-96(111(98)127-87-107(119)123-7)82-94(74-89)109(93)125-85-105(117)121-5/h73-80H,9-72,81-88H2,1-8H3. The smallest absolute Gasteiger partial charge is 0.343 e. The molecule has 16 nitrogen and oxygen atoms in total. The van der Waals surface area contributed by atoms with Crippen molar-refractivity contribution in [2.24, 2.45) is 0 Å². The molecule has 128 heavy (non-hydrogen) atoms. The van der Waals surface area contributed by atoms with Gasteiger partial charge in [-0.1, -0.05) is 387 Å². The molecule has 0 unspecified atom stereocenters. The second kappa shape index (κ2) is 72.3. The number of Topliss-reactive ketones (excluding diaryl/α,β-unsaturated/α-hetero) is 4.